The summed E-state index contributed by atoms with van der Waals surface area (Å²) in [5, 5.41) is 2.79. The molecule has 0 spiro atoms. The zero-order chi connectivity index (χ0) is 22.8. The van der Waals surface area contributed by atoms with Crippen molar-refractivity contribution in [3.05, 3.63) is 70.8 Å². The van der Waals surface area contributed by atoms with Gasteiger partial charge in [-0.25, -0.2) is 13.1 Å². The normalized spacial score (nSPS) is 14.6. The summed E-state index contributed by atoms with van der Waals surface area (Å²) in [6.45, 7) is 3.75. The maximum absolute atomic E-state index is 12.9. The summed E-state index contributed by atoms with van der Waals surface area (Å²) >= 11 is 0. The van der Waals surface area contributed by atoms with E-state index in [1.807, 2.05) is 0 Å². The zero-order valence-electron chi connectivity index (χ0n) is 17.6. The van der Waals surface area contributed by atoms with Crippen LogP contribution in [0.3, 0.4) is 0 Å². The number of sulfonamides is 1. The second-order valence-electron chi connectivity index (χ2n) is 7.71. The predicted octanol–water partition coefficient (Wildman–Crippen LogP) is 1.67. The maximum atomic E-state index is 12.9. The van der Waals surface area contributed by atoms with E-state index in [1.165, 1.54) is 7.05 Å². The fourth-order valence-corrected chi connectivity index (χ4v) is 4.29. The van der Waals surface area contributed by atoms with Gasteiger partial charge in [-0.3, -0.25) is 19.3 Å². The van der Waals surface area contributed by atoms with Gasteiger partial charge in [0.05, 0.1) is 16.9 Å². The molecule has 0 saturated carbocycles. The van der Waals surface area contributed by atoms with E-state index in [0.29, 0.717) is 16.7 Å². The van der Waals surface area contributed by atoms with Crippen LogP contribution in [0, 0.1) is 5.92 Å². The summed E-state index contributed by atoms with van der Waals surface area (Å²) in [4.78, 5) is 39.5. The first-order chi connectivity index (χ1) is 14.6. The van der Waals surface area contributed by atoms with Crippen LogP contribution in [0.15, 0.2) is 48.5 Å². The molecule has 0 bridgehead atoms. The smallest absolute Gasteiger partial charge is 0.262 e. The van der Waals surface area contributed by atoms with Crippen LogP contribution in [0.5, 0.6) is 0 Å². The lowest BCUT2D eigenvalue weighted by Gasteiger charge is -2.28. The molecule has 0 aliphatic carbocycles. The number of amides is 3. The Morgan fingerprint density at radius 1 is 0.935 bits per heavy atom. The van der Waals surface area contributed by atoms with Crippen LogP contribution in [0.2, 0.25) is 0 Å². The number of imide groups is 1. The Balaban J connectivity index is 1.70. The molecule has 1 heterocycles. The van der Waals surface area contributed by atoms with Gasteiger partial charge in [0.2, 0.25) is 15.9 Å². The van der Waals surface area contributed by atoms with Gasteiger partial charge in [0.25, 0.3) is 11.8 Å². The number of carbonyl (C=O) groups excluding carboxylic acids is 3. The third-order valence-corrected chi connectivity index (χ3v) is 6.50. The number of nitrogens with zero attached hydrogens (tertiary/aromatic N) is 1. The van der Waals surface area contributed by atoms with Crippen molar-refractivity contribution in [2.45, 2.75) is 32.2 Å². The van der Waals surface area contributed by atoms with Crippen LogP contribution in [-0.4, -0.2) is 44.1 Å². The monoisotopic (exact) mass is 443 g/mol. The van der Waals surface area contributed by atoms with Crippen molar-refractivity contribution >= 4 is 27.7 Å². The third-order valence-electron chi connectivity index (χ3n) is 5.16. The highest BCUT2D eigenvalue weighted by atomic mass is 32.2. The Hall–Kier alpha value is -3.04. The second kappa shape index (κ2) is 8.99. The fourth-order valence-electron chi connectivity index (χ4n) is 3.52. The Morgan fingerprint density at radius 3 is 1.94 bits per heavy atom. The van der Waals surface area contributed by atoms with E-state index < -0.39 is 33.8 Å². The van der Waals surface area contributed by atoms with Gasteiger partial charge >= 0.3 is 0 Å². The Labute approximate surface area is 181 Å². The lowest BCUT2D eigenvalue weighted by atomic mass is 10.0. The van der Waals surface area contributed by atoms with Crippen molar-refractivity contribution in [3.63, 3.8) is 0 Å². The van der Waals surface area contributed by atoms with Crippen molar-refractivity contribution in [1.29, 1.82) is 0 Å². The molecule has 0 fully saturated rings. The standard InChI is InChI=1S/C22H25N3O5S/c1-14(2)19(25-21(27)17-6-4-5-7-18(17)22(25)28)20(26)24-12-15-8-10-16(11-9-15)13-31(29,30)23-3/h4-11,14,19,23H,12-13H2,1-3H3,(H,24,26)/t19-/m0/s1. The number of fused-ring (bicyclic) bond motifs is 1. The van der Waals surface area contributed by atoms with Gasteiger partial charge in [0, 0.05) is 6.54 Å². The molecule has 0 unspecified atom stereocenters. The molecule has 3 rings (SSSR count). The first-order valence-electron chi connectivity index (χ1n) is 9.88. The molecule has 1 aliphatic rings. The molecule has 164 valence electrons. The highest BCUT2D eigenvalue weighted by Gasteiger charge is 2.43. The Morgan fingerprint density at radius 2 is 1.45 bits per heavy atom. The lowest BCUT2D eigenvalue weighted by Crippen LogP contribution is -2.52. The molecule has 1 atom stereocenters. The number of benzene rings is 2. The van der Waals surface area contributed by atoms with E-state index in [0.717, 1.165) is 10.5 Å². The molecule has 31 heavy (non-hydrogen) atoms. The Bertz CT molecular complexity index is 1080. The van der Waals surface area contributed by atoms with Gasteiger partial charge in [-0.05, 0) is 36.2 Å². The average Bonchev–Trinajstić information content (AvgIpc) is 2.98. The lowest BCUT2D eigenvalue weighted by molar-refractivity contribution is -0.126. The summed E-state index contributed by atoms with van der Waals surface area (Å²) in [6, 6.07) is 12.4. The predicted molar refractivity (Wildman–Crippen MR) is 116 cm³/mol. The summed E-state index contributed by atoms with van der Waals surface area (Å²) in [7, 11) is -2.00. The minimum Gasteiger partial charge on any atom is -0.350 e. The maximum Gasteiger partial charge on any atom is 0.262 e. The van der Waals surface area contributed by atoms with Crippen molar-refractivity contribution < 1.29 is 22.8 Å². The van der Waals surface area contributed by atoms with Crippen LogP contribution < -0.4 is 10.0 Å². The van der Waals surface area contributed by atoms with Crippen LogP contribution >= 0.6 is 0 Å². The van der Waals surface area contributed by atoms with Crippen LogP contribution in [0.4, 0.5) is 0 Å². The van der Waals surface area contributed by atoms with Crippen LogP contribution in [0.25, 0.3) is 0 Å². The van der Waals surface area contributed by atoms with Gasteiger partial charge in [-0.15, -0.1) is 0 Å². The average molecular weight is 444 g/mol. The minimum absolute atomic E-state index is 0.134. The van der Waals surface area contributed by atoms with E-state index in [1.54, 1.807) is 62.4 Å². The fraction of sp³-hybridized carbons (Fsp3) is 0.318. The van der Waals surface area contributed by atoms with Crippen molar-refractivity contribution in [3.8, 4) is 0 Å². The molecule has 2 aromatic rings. The zero-order valence-corrected chi connectivity index (χ0v) is 18.4. The van der Waals surface area contributed by atoms with Gasteiger partial charge < -0.3 is 5.32 Å². The van der Waals surface area contributed by atoms with E-state index >= 15 is 0 Å². The molecule has 2 N–H and O–H groups in total. The first-order valence-corrected chi connectivity index (χ1v) is 11.5. The molecule has 2 aromatic carbocycles. The molecular weight excluding hydrogens is 418 g/mol. The molecular formula is C22H25N3O5S. The van der Waals surface area contributed by atoms with Crippen LogP contribution in [-0.2, 0) is 27.1 Å². The highest BCUT2D eigenvalue weighted by molar-refractivity contribution is 7.88. The summed E-state index contributed by atoms with van der Waals surface area (Å²) < 4.78 is 25.5. The SMILES string of the molecule is CNS(=O)(=O)Cc1ccc(CNC(=O)[C@H](C(C)C)N2C(=O)c3ccccc3C2=O)cc1. The molecule has 3 amide bonds. The second-order valence-corrected chi connectivity index (χ2v) is 9.64. The number of hydrogen-bond donors (Lipinski definition) is 2. The minimum atomic E-state index is -3.36. The topological polar surface area (TPSA) is 113 Å². The van der Waals surface area contributed by atoms with Crippen molar-refractivity contribution in [1.82, 2.24) is 14.9 Å². The van der Waals surface area contributed by atoms with Crippen molar-refractivity contribution in [2.75, 3.05) is 7.05 Å². The van der Waals surface area contributed by atoms with Crippen molar-refractivity contribution in [2.24, 2.45) is 5.92 Å². The summed E-state index contributed by atoms with van der Waals surface area (Å²) in [5.41, 5.74) is 2.00. The van der Waals surface area contributed by atoms with Gasteiger partial charge in [-0.2, -0.15) is 0 Å². The van der Waals surface area contributed by atoms with E-state index in [-0.39, 0.29) is 18.2 Å². The molecule has 0 radical (unpaired) electrons. The largest absolute Gasteiger partial charge is 0.350 e. The summed E-state index contributed by atoms with van der Waals surface area (Å²) in [6.07, 6.45) is 0. The molecule has 0 aromatic heterocycles. The number of carbonyl (C=O) groups is 3. The van der Waals surface area contributed by atoms with Gasteiger partial charge in [0.1, 0.15) is 6.04 Å². The molecule has 9 heteroatoms. The van der Waals surface area contributed by atoms with Crippen LogP contribution in [0.1, 0.15) is 45.7 Å². The first kappa shape index (κ1) is 22.6. The molecule has 0 saturated heterocycles. The quantitative estimate of drug-likeness (QED) is 0.603. The van der Waals surface area contributed by atoms with Gasteiger partial charge in [-0.1, -0.05) is 50.2 Å². The number of nitrogens with one attached hydrogen (secondary N) is 2. The Kier molecular flexibility index (Phi) is 6.56. The van der Waals surface area contributed by atoms with E-state index in [9.17, 15) is 22.8 Å². The van der Waals surface area contributed by atoms with E-state index in [4.69, 9.17) is 0 Å². The molecule has 8 nitrogen and oxygen atoms in total. The third kappa shape index (κ3) is 4.83. The highest BCUT2D eigenvalue weighted by Crippen LogP contribution is 2.27. The molecule has 1 aliphatic heterocycles. The number of rotatable bonds is 8. The van der Waals surface area contributed by atoms with E-state index in [2.05, 4.69) is 10.0 Å². The van der Waals surface area contributed by atoms with Gasteiger partial charge in [0.15, 0.2) is 0 Å². The summed E-state index contributed by atoms with van der Waals surface area (Å²) in [5.74, 6) is -1.78. The number of hydrogen-bond acceptors (Lipinski definition) is 5.